The lowest BCUT2D eigenvalue weighted by molar-refractivity contribution is 0.0705. The van der Waals surface area contributed by atoms with Gasteiger partial charge < -0.3 is 19.3 Å². The zero-order valence-electron chi connectivity index (χ0n) is 19.9. The van der Waals surface area contributed by atoms with Crippen LogP contribution < -0.4 is 19.7 Å². The molecule has 2 aromatic rings. The number of unbranched alkanes of at least 4 members (excludes halogenated alkanes) is 1. The number of hydrogen-bond acceptors (Lipinski definition) is 7. The van der Waals surface area contributed by atoms with Crippen molar-refractivity contribution in [3.8, 4) is 23.0 Å². The van der Waals surface area contributed by atoms with Gasteiger partial charge in [0, 0.05) is 17.5 Å². The summed E-state index contributed by atoms with van der Waals surface area (Å²) in [6.07, 6.45) is 1.76. The standard InChI is InChI=1S/C25H33NO7/c1-16-20(11-9-18(23(16)28)19(27)15-25(2,3)4)32-12-6-7-13-33-21-10-8-17(24(29)26-30)14-22(21)31-5/h8-11,14,28,30H,6-7,12-13,15H2,1-5H3,(H,26,29). The molecule has 2 aromatic carbocycles. The van der Waals surface area contributed by atoms with Gasteiger partial charge in [0.1, 0.15) is 11.5 Å². The molecule has 8 heteroatoms. The number of phenolic OH excluding ortho intramolecular Hbond substituents is 1. The summed E-state index contributed by atoms with van der Waals surface area (Å²) in [5.74, 6) is 0.663. The van der Waals surface area contributed by atoms with Crippen molar-refractivity contribution in [2.75, 3.05) is 20.3 Å². The zero-order valence-corrected chi connectivity index (χ0v) is 19.9. The van der Waals surface area contributed by atoms with Crippen molar-refractivity contribution in [2.45, 2.75) is 47.0 Å². The molecule has 0 saturated carbocycles. The van der Waals surface area contributed by atoms with Crippen molar-refractivity contribution in [2.24, 2.45) is 5.41 Å². The molecule has 0 spiro atoms. The third kappa shape index (κ3) is 7.39. The van der Waals surface area contributed by atoms with Crippen LogP contribution in [0, 0.1) is 12.3 Å². The third-order valence-corrected chi connectivity index (χ3v) is 4.95. The van der Waals surface area contributed by atoms with Crippen LogP contribution in [0.15, 0.2) is 30.3 Å². The number of phenols is 1. The fourth-order valence-corrected chi connectivity index (χ4v) is 3.20. The van der Waals surface area contributed by atoms with Gasteiger partial charge in [-0.2, -0.15) is 0 Å². The number of amides is 1. The van der Waals surface area contributed by atoms with E-state index in [2.05, 4.69) is 0 Å². The van der Waals surface area contributed by atoms with E-state index in [0.717, 1.165) is 0 Å². The van der Waals surface area contributed by atoms with E-state index in [1.165, 1.54) is 19.2 Å². The molecule has 0 unspecified atom stereocenters. The minimum Gasteiger partial charge on any atom is -0.507 e. The molecule has 8 nitrogen and oxygen atoms in total. The Morgan fingerprint density at radius 3 is 2.15 bits per heavy atom. The number of ether oxygens (including phenoxy) is 3. The summed E-state index contributed by atoms with van der Waals surface area (Å²) in [4.78, 5) is 23.9. The number of carbonyl (C=O) groups is 2. The molecule has 0 fully saturated rings. The van der Waals surface area contributed by atoms with Gasteiger partial charge in [-0.25, -0.2) is 5.48 Å². The van der Waals surface area contributed by atoms with Crippen molar-refractivity contribution in [3.63, 3.8) is 0 Å². The van der Waals surface area contributed by atoms with Crippen LogP contribution in [0.1, 0.15) is 66.3 Å². The fraction of sp³-hybridized carbons (Fsp3) is 0.440. The normalized spacial score (nSPS) is 11.1. The number of carbonyl (C=O) groups excluding carboxylic acids is 2. The molecule has 0 aliphatic heterocycles. The van der Waals surface area contributed by atoms with E-state index >= 15 is 0 Å². The molecule has 0 aromatic heterocycles. The van der Waals surface area contributed by atoms with E-state index in [9.17, 15) is 14.7 Å². The Morgan fingerprint density at radius 2 is 1.58 bits per heavy atom. The van der Waals surface area contributed by atoms with E-state index in [1.807, 2.05) is 20.8 Å². The molecule has 33 heavy (non-hydrogen) atoms. The summed E-state index contributed by atoms with van der Waals surface area (Å²) in [5.41, 5.74) is 2.53. The lowest BCUT2D eigenvalue weighted by Gasteiger charge is -2.18. The van der Waals surface area contributed by atoms with Gasteiger partial charge >= 0.3 is 0 Å². The maximum Gasteiger partial charge on any atom is 0.274 e. The van der Waals surface area contributed by atoms with Gasteiger partial charge in [-0.05, 0) is 55.5 Å². The third-order valence-electron chi connectivity index (χ3n) is 4.95. The number of hydrogen-bond donors (Lipinski definition) is 3. The summed E-state index contributed by atoms with van der Waals surface area (Å²) >= 11 is 0. The maximum absolute atomic E-state index is 12.5. The van der Waals surface area contributed by atoms with Crippen molar-refractivity contribution in [3.05, 3.63) is 47.0 Å². The first kappa shape index (κ1) is 26.0. The topological polar surface area (TPSA) is 114 Å². The second-order valence-electron chi connectivity index (χ2n) is 8.96. The summed E-state index contributed by atoms with van der Waals surface area (Å²) in [6.45, 7) is 8.51. The predicted octanol–water partition coefficient (Wildman–Crippen LogP) is 4.69. The first-order valence-corrected chi connectivity index (χ1v) is 10.8. The van der Waals surface area contributed by atoms with Crippen LogP contribution in [0.25, 0.3) is 0 Å². The van der Waals surface area contributed by atoms with Gasteiger partial charge in [-0.15, -0.1) is 0 Å². The van der Waals surface area contributed by atoms with Crippen molar-refractivity contribution >= 4 is 11.7 Å². The van der Waals surface area contributed by atoms with Gasteiger partial charge in [0.15, 0.2) is 17.3 Å². The Morgan fingerprint density at radius 1 is 0.970 bits per heavy atom. The van der Waals surface area contributed by atoms with Gasteiger partial charge in [0.2, 0.25) is 0 Å². The van der Waals surface area contributed by atoms with Gasteiger partial charge in [-0.1, -0.05) is 20.8 Å². The van der Waals surface area contributed by atoms with Crippen LogP contribution in [0.2, 0.25) is 0 Å². The first-order chi connectivity index (χ1) is 15.6. The average molecular weight is 460 g/mol. The molecule has 180 valence electrons. The van der Waals surface area contributed by atoms with E-state index in [-0.39, 0.29) is 22.5 Å². The van der Waals surface area contributed by atoms with Crippen LogP contribution in [0.3, 0.4) is 0 Å². The molecular weight excluding hydrogens is 426 g/mol. The first-order valence-electron chi connectivity index (χ1n) is 10.8. The van der Waals surface area contributed by atoms with E-state index < -0.39 is 5.91 Å². The number of rotatable bonds is 11. The highest BCUT2D eigenvalue weighted by Gasteiger charge is 2.21. The second kappa shape index (κ2) is 11.6. The minimum absolute atomic E-state index is 0.0319. The second-order valence-corrected chi connectivity index (χ2v) is 8.96. The van der Waals surface area contributed by atoms with Crippen LogP contribution in [0.5, 0.6) is 23.0 Å². The summed E-state index contributed by atoms with van der Waals surface area (Å²) in [6, 6.07) is 7.94. The Hall–Kier alpha value is -3.26. The summed E-state index contributed by atoms with van der Waals surface area (Å²) < 4.78 is 16.7. The Bertz CT molecular complexity index is 979. The van der Waals surface area contributed by atoms with E-state index in [0.29, 0.717) is 60.9 Å². The Labute approximate surface area is 194 Å². The van der Waals surface area contributed by atoms with E-state index in [1.54, 1.807) is 30.6 Å². The van der Waals surface area contributed by atoms with Gasteiger partial charge in [0.05, 0.1) is 25.9 Å². The molecule has 0 bridgehead atoms. The highest BCUT2D eigenvalue weighted by Crippen LogP contribution is 2.33. The number of methoxy groups -OCH3 is 1. The largest absolute Gasteiger partial charge is 0.507 e. The fourth-order valence-electron chi connectivity index (χ4n) is 3.20. The molecule has 1 amide bonds. The Balaban J connectivity index is 1.84. The lowest BCUT2D eigenvalue weighted by Crippen LogP contribution is -2.18. The molecule has 2 rings (SSSR count). The molecule has 0 aliphatic carbocycles. The summed E-state index contributed by atoms with van der Waals surface area (Å²) in [5, 5.41) is 19.2. The number of Topliss-reactive ketones (excluding diaryl/α,β-unsaturated/α-hetero) is 1. The zero-order chi connectivity index (χ0) is 24.6. The average Bonchev–Trinajstić information content (AvgIpc) is 2.76. The highest BCUT2D eigenvalue weighted by molar-refractivity contribution is 5.99. The Kier molecular flexibility index (Phi) is 9.11. The number of aromatic hydroxyl groups is 1. The molecule has 0 radical (unpaired) electrons. The van der Waals surface area contributed by atoms with Crippen molar-refractivity contribution < 1.29 is 34.1 Å². The predicted molar refractivity (Wildman–Crippen MR) is 124 cm³/mol. The summed E-state index contributed by atoms with van der Waals surface area (Å²) in [7, 11) is 1.47. The van der Waals surface area contributed by atoms with Crippen molar-refractivity contribution in [1.82, 2.24) is 5.48 Å². The molecule has 0 heterocycles. The maximum atomic E-state index is 12.5. The molecule has 0 atom stereocenters. The number of benzene rings is 2. The number of nitrogens with one attached hydrogen (secondary N) is 1. The lowest BCUT2D eigenvalue weighted by atomic mass is 9.87. The van der Waals surface area contributed by atoms with Crippen LogP contribution in [-0.2, 0) is 0 Å². The smallest absolute Gasteiger partial charge is 0.274 e. The van der Waals surface area contributed by atoms with Crippen LogP contribution in [0.4, 0.5) is 0 Å². The van der Waals surface area contributed by atoms with Crippen LogP contribution in [-0.4, -0.2) is 42.3 Å². The van der Waals surface area contributed by atoms with Gasteiger partial charge in [-0.3, -0.25) is 14.8 Å². The number of ketones is 1. The molecule has 0 saturated heterocycles. The quantitative estimate of drug-likeness (QED) is 0.193. The molecule has 3 N–H and O–H groups in total. The van der Waals surface area contributed by atoms with Crippen molar-refractivity contribution in [1.29, 1.82) is 0 Å². The van der Waals surface area contributed by atoms with Crippen LogP contribution >= 0.6 is 0 Å². The monoisotopic (exact) mass is 459 g/mol. The van der Waals surface area contributed by atoms with E-state index in [4.69, 9.17) is 19.4 Å². The van der Waals surface area contributed by atoms with Gasteiger partial charge in [0.25, 0.3) is 5.91 Å². The highest BCUT2D eigenvalue weighted by atomic mass is 16.5. The number of hydroxylamine groups is 1. The molecular formula is C25H33NO7. The minimum atomic E-state index is -0.634. The SMILES string of the molecule is COc1cc(C(=O)NO)ccc1OCCCCOc1ccc(C(=O)CC(C)(C)C)c(O)c1C. The molecule has 0 aliphatic rings.